The zero-order valence-electron chi connectivity index (χ0n) is 15.1. The van der Waals surface area contributed by atoms with Gasteiger partial charge in [0.15, 0.2) is 0 Å². The van der Waals surface area contributed by atoms with Gasteiger partial charge in [-0.25, -0.2) is 4.98 Å². The molecule has 2 heterocycles. The number of nitrogens with one attached hydrogen (secondary N) is 1. The van der Waals surface area contributed by atoms with Crippen LogP contribution in [-0.4, -0.2) is 33.2 Å². The first-order valence-corrected chi connectivity index (χ1v) is 8.28. The lowest BCUT2D eigenvalue weighted by molar-refractivity contribution is 0.0901. The van der Waals surface area contributed by atoms with Crippen molar-refractivity contribution in [1.82, 2.24) is 14.9 Å². The van der Waals surface area contributed by atoms with Crippen LogP contribution in [0.4, 0.5) is 0 Å². The Morgan fingerprint density at radius 3 is 2.67 bits per heavy atom. The molecule has 0 fully saturated rings. The Morgan fingerprint density at radius 2 is 2.08 bits per heavy atom. The number of aromatic nitrogens is 2. The number of rotatable bonds is 6. The summed E-state index contributed by atoms with van der Waals surface area (Å²) >= 11 is 0. The summed E-state index contributed by atoms with van der Waals surface area (Å²) in [6.45, 7) is 10.3. The minimum Gasteiger partial charge on any atom is -0.393 e. The third kappa shape index (κ3) is 4.23. The molecule has 0 radical (unpaired) electrons. The fraction of sp³-hybridized carbons (Fsp3) is 0.474. The summed E-state index contributed by atoms with van der Waals surface area (Å²) in [4.78, 5) is 17.0. The van der Waals surface area contributed by atoms with E-state index >= 15 is 0 Å². The zero-order chi connectivity index (χ0) is 17.9. The number of aliphatic hydroxyl groups excluding tert-OH is 1. The topological polar surface area (TPSA) is 67.2 Å². The summed E-state index contributed by atoms with van der Waals surface area (Å²) in [6.07, 6.45) is 2.00. The molecule has 2 aromatic heterocycles. The summed E-state index contributed by atoms with van der Waals surface area (Å²) in [5.74, 6) is 0.713. The lowest BCUT2D eigenvalue weighted by Crippen LogP contribution is -2.35. The molecule has 0 spiro atoms. The van der Waals surface area contributed by atoms with E-state index in [2.05, 4.69) is 10.3 Å². The average Bonchev–Trinajstić information content (AvgIpc) is 2.79. The van der Waals surface area contributed by atoms with E-state index in [0.29, 0.717) is 18.5 Å². The van der Waals surface area contributed by atoms with Crippen molar-refractivity contribution in [2.24, 2.45) is 5.41 Å². The van der Waals surface area contributed by atoms with Gasteiger partial charge < -0.3 is 15.0 Å². The van der Waals surface area contributed by atoms with Gasteiger partial charge in [-0.05, 0) is 50.8 Å². The molecule has 0 saturated carbocycles. The molecule has 5 nitrogen and oxygen atoms in total. The van der Waals surface area contributed by atoms with E-state index in [-0.39, 0.29) is 17.4 Å². The summed E-state index contributed by atoms with van der Waals surface area (Å²) in [6, 6.07) is 7.61. The molecule has 0 aliphatic heterocycles. The Kier molecular flexibility index (Phi) is 5.44. The Labute approximate surface area is 143 Å². The minimum absolute atomic E-state index is 0.0936. The maximum atomic E-state index is 12.6. The first kappa shape index (κ1) is 18.2. The fourth-order valence-corrected chi connectivity index (χ4v) is 3.12. The highest BCUT2D eigenvalue weighted by Crippen LogP contribution is 2.23. The standard InChI is InChI=1S/C19H27N3O2/c1-13-10-16(15(3)22(13)17-8-6-7-9-20-17)18(24)21-12-19(4,5)11-14(2)23/h6-10,14,23H,11-12H2,1-5H3,(H,21,24). The van der Waals surface area contributed by atoms with Gasteiger partial charge in [0.25, 0.3) is 5.91 Å². The summed E-state index contributed by atoms with van der Waals surface area (Å²) in [5.41, 5.74) is 2.35. The number of aryl methyl sites for hydroxylation is 1. The number of nitrogens with zero attached hydrogens (tertiary/aromatic N) is 2. The Hall–Kier alpha value is -2.14. The van der Waals surface area contributed by atoms with Crippen LogP contribution in [-0.2, 0) is 0 Å². The highest BCUT2D eigenvalue weighted by Gasteiger charge is 2.23. The average molecular weight is 329 g/mol. The SMILES string of the molecule is Cc1cc(C(=O)NCC(C)(C)CC(C)O)c(C)n1-c1ccccn1. The lowest BCUT2D eigenvalue weighted by Gasteiger charge is -2.26. The van der Waals surface area contributed by atoms with Crippen LogP contribution in [0.15, 0.2) is 30.5 Å². The van der Waals surface area contributed by atoms with Gasteiger partial charge in [0.2, 0.25) is 0 Å². The number of pyridine rings is 1. The highest BCUT2D eigenvalue weighted by atomic mass is 16.3. The number of aliphatic hydroxyl groups is 1. The van der Waals surface area contributed by atoms with Crippen molar-refractivity contribution >= 4 is 5.91 Å². The Morgan fingerprint density at radius 1 is 1.38 bits per heavy atom. The van der Waals surface area contributed by atoms with E-state index in [4.69, 9.17) is 0 Å². The number of amides is 1. The van der Waals surface area contributed by atoms with Gasteiger partial charge in [0.1, 0.15) is 5.82 Å². The van der Waals surface area contributed by atoms with E-state index in [1.54, 1.807) is 13.1 Å². The van der Waals surface area contributed by atoms with E-state index in [0.717, 1.165) is 17.2 Å². The van der Waals surface area contributed by atoms with E-state index < -0.39 is 0 Å². The van der Waals surface area contributed by atoms with E-state index in [1.807, 2.05) is 56.5 Å². The second-order valence-corrected chi connectivity index (χ2v) is 7.21. The van der Waals surface area contributed by atoms with Crippen LogP contribution >= 0.6 is 0 Å². The van der Waals surface area contributed by atoms with Crippen LogP contribution in [0.3, 0.4) is 0 Å². The first-order valence-electron chi connectivity index (χ1n) is 8.28. The van der Waals surface area contributed by atoms with Gasteiger partial charge in [-0.1, -0.05) is 19.9 Å². The maximum absolute atomic E-state index is 12.6. The van der Waals surface area contributed by atoms with E-state index in [9.17, 15) is 9.90 Å². The van der Waals surface area contributed by atoms with Gasteiger partial charge in [-0.15, -0.1) is 0 Å². The van der Waals surface area contributed by atoms with Gasteiger partial charge in [-0.2, -0.15) is 0 Å². The zero-order valence-corrected chi connectivity index (χ0v) is 15.1. The third-order valence-electron chi connectivity index (χ3n) is 4.13. The molecule has 0 saturated heterocycles. The highest BCUT2D eigenvalue weighted by molar-refractivity contribution is 5.95. The smallest absolute Gasteiger partial charge is 0.253 e. The quantitative estimate of drug-likeness (QED) is 0.856. The second kappa shape index (κ2) is 7.18. The van der Waals surface area contributed by atoms with Crippen LogP contribution < -0.4 is 5.32 Å². The Bertz CT molecular complexity index is 703. The van der Waals surface area contributed by atoms with Crippen molar-refractivity contribution in [3.05, 3.63) is 47.4 Å². The molecular weight excluding hydrogens is 302 g/mol. The molecule has 2 N–H and O–H groups in total. The molecule has 24 heavy (non-hydrogen) atoms. The summed E-state index contributed by atoms with van der Waals surface area (Å²) < 4.78 is 1.98. The molecule has 0 bridgehead atoms. The first-order chi connectivity index (χ1) is 11.2. The van der Waals surface area contributed by atoms with Crippen LogP contribution in [0.5, 0.6) is 0 Å². The molecular formula is C19H27N3O2. The van der Waals surface area contributed by atoms with Crippen molar-refractivity contribution < 1.29 is 9.90 Å². The molecule has 2 rings (SSSR count). The van der Waals surface area contributed by atoms with Crippen molar-refractivity contribution in [3.8, 4) is 5.82 Å². The second-order valence-electron chi connectivity index (χ2n) is 7.21. The fourth-order valence-electron chi connectivity index (χ4n) is 3.12. The monoisotopic (exact) mass is 329 g/mol. The van der Waals surface area contributed by atoms with Gasteiger partial charge in [0.05, 0.1) is 11.7 Å². The van der Waals surface area contributed by atoms with Crippen LogP contribution in [0.2, 0.25) is 0 Å². The molecule has 1 atom stereocenters. The molecule has 0 aliphatic carbocycles. The summed E-state index contributed by atoms with van der Waals surface area (Å²) in [7, 11) is 0. The van der Waals surface area contributed by atoms with Crippen molar-refractivity contribution in [3.63, 3.8) is 0 Å². The molecule has 2 aromatic rings. The van der Waals surface area contributed by atoms with Crippen LogP contribution in [0.25, 0.3) is 5.82 Å². The van der Waals surface area contributed by atoms with Crippen molar-refractivity contribution in [2.75, 3.05) is 6.54 Å². The van der Waals surface area contributed by atoms with Crippen molar-refractivity contribution in [2.45, 2.75) is 47.1 Å². The molecule has 5 heteroatoms. The van der Waals surface area contributed by atoms with Gasteiger partial charge in [0, 0.05) is 24.1 Å². The lowest BCUT2D eigenvalue weighted by atomic mass is 9.87. The molecule has 0 aliphatic rings. The largest absolute Gasteiger partial charge is 0.393 e. The predicted octanol–water partition coefficient (Wildman–Crippen LogP) is 3.02. The maximum Gasteiger partial charge on any atom is 0.253 e. The van der Waals surface area contributed by atoms with Gasteiger partial charge >= 0.3 is 0 Å². The van der Waals surface area contributed by atoms with Crippen LogP contribution in [0, 0.1) is 19.3 Å². The molecule has 1 amide bonds. The number of carbonyl (C=O) groups excluding carboxylic acids is 1. The van der Waals surface area contributed by atoms with Crippen molar-refractivity contribution in [1.29, 1.82) is 0 Å². The minimum atomic E-state index is -0.383. The third-order valence-corrected chi connectivity index (χ3v) is 4.13. The number of hydrogen-bond donors (Lipinski definition) is 2. The number of carbonyl (C=O) groups is 1. The molecule has 0 aromatic carbocycles. The normalized spacial score (nSPS) is 12.9. The molecule has 1 unspecified atom stereocenters. The summed E-state index contributed by atoms with van der Waals surface area (Å²) in [5, 5.41) is 12.6. The Balaban J connectivity index is 2.17. The predicted molar refractivity (Wildman–Crippen MR) is 95.5 cm³/mol. The van der Waals surface area contributed by atoms with Gasteiger partial charge in [-0.3, -0.25) is 4.79 Å². The van der Waals surface area contributed by atoms with E-state index in [1.165, 1.54) is 0 Å². The van der Waals surface area contributed by atoms with Crippen LogP contribution in [0.1, 0.15) is 48.9 Å². The molecule has 130 valence electrons. The number of hydrogen-bond acceptors (Lipinski definition) is 3.